The quantitative estimate of drug-likeness (QED) is 0.544. The minimum absolute atomic E-state index is 0.483. The molecular weight excluding hydrogens is 338 g/mol. The van der Waals surface area contributed by atoms with E-state index in [2.05, 4.69) is 37.6 Å². The first-order valence-corrected chi connectivity index (χ1v) is 8.78. The lowest BCUT2D eigenvalue weighted by atomic mass is 10.2. The van der Waals surface area contributed by atoms with E-state index < -0.39 is 6.09 Å². The van der Waals surface area contributed by atoms with E-state index in [-0.39, 0.29) is 0 Å². The monoisotopic (exact) mass is 361 g/mol. The van der Waals surface area contributed by atoms with Crippen LogP contribution in [0.4, 0.5) is 10.5 Å². The Balaban J connectivity index is 1.80. The molecule has 1 heterocycles. The van der Waals surface area contributed by atoms with Gasteiger partial charge in [-0.15, -0.1) is 11.3 Å². The number of nitrogens with zero attached hydrogens (tertiary/aromatic N) is 2. The van der Waals surface area contributed by atoms with Gasteiger partial charge in [-0.25, -0.2) is 9.78 Å². The summed E-state index contributed by atoms with van der Waals surface area (Å²) >= 11 is 1.71. The molecule has 0 spiro atoms. The van der Waals surface area contributed by atoms with Crippen LogP contribution in [-0.2, 0) is 24.2 Å². The summed E-state index contributed by atoms with van der Waals surface area (Å²) < 4.78 is 4.56. The lowest BCUT2D eigenvalue weighted by Gasteiger charge is -2.11. The van der Waals surface area contributed by atoms with Gasteiger partial charge in [0.25, 0.3) is 0 Å². The maximum atomic E-state index is 11.2. The Labute approximate surface area is 151 Å². The highest BCUT2D eigenvalue weighted by atomic mass is 32.1. The number of aliphatic imine (C=N–C) groups is 1. The number of nitrogens with one attached hydrogen (secondary N) is 3. The fraction of sp³-hybridized carbons (Fsp3) is 0.353. The van der Waals surface area contributed by atoms with Gasteiger partial charge in [0.15, 0.2) is 5.96 Å². The molecule has 134 valence electrons. The zero-order valence-electron chi connectivity index (χ0n) is 14.6. The van der Waals surface area contributed by atoms with E-state index in [0.717, 1.165) is 17.0 Å². The third kappa shape index (κ3) is 6.07. The van der Waals surface area contributed by atoms with Crippen molar-refractivity contribution in [3.05, 3.63) is 45.9 Å². The van der Waals surface area contributed by atoms with Gasteiger partial charge < -0.3 is 15.4 Å². The molecule has 0 radical (unpaired) electrons. The lowest BCUT2D eigenvalue weighted by Crippen LogP contribution is -2.36. The summed E-state index contributed by atoms with van der Waals surface area (Å²) in [4.78, 5) is 21.0. The number of anilines is 1. The van der Waals surface area contributed by atoms with E-state index in [1.165, 1.54) is 12.0 Å². The molecule has 1 amide bonds. The number of hydrogen-bond donors (Lipinski definition) is 3. The van der Waals surface area contributed by atoms with Crippen molar-refractivity contribution in [1.82, 2.24) is 15.6 Å². The van der Waals surface area contributed by atoms with Crippen LogP contribution in [0.15, 0.2) is 35.5 Å². The first-order valence-electron chi connectivity index (χ1n) is 7.96. The minimum Gasteiger partial charge on any atom is -0.453 e. The van der Waals surface area contributed by atoms with Crippen LogP contribution < -0.4 is 16.0 Å². The van der Waals surface area contributed by atoms with Gasteiger partial charge in [-0.2, -0.15) is 0 Å². The number of carbonyl (C=O) groups excluding carboxylic acids is 1. The normalized spacial score (nSPS) is 11.1. The van der Waals surface area contributed by atoms with Gasteiger partial charge in [0.05, 0.1) is 13.7 Å². The fourth-order valence-corrected chi connectivity index (χ4v) is 2.84. The average molecular weight is 361 g/mol. The van der Waals surface area contributed by atoms with Crippen molar-refractivity contribution in [3.63, 3.8) is 0 Å². The predicted octanol–water partition coefficient (Wildman–Crippen LogP) is 2.75. The van der Waals surface area contributed by atoms with Gasteiger partial charge in [-0.1, -0.05) is 19.1 Å². The second kappa shape index (κ2) is 9.63. The number of hydrogen-bond acceptors (Lipinski definition) is 5. The summed E-state index contributed by atoms with van der Waals surface area (Å²) in [5.41, 5.74) is 1.76. The third-order valence-electron chi connectivity index (χ3n) is 3.43. The molecule has 0 fully saturated rings. The Kier molecular flexibility index (Phi) is 7.21. The average Bonchev–Trinajstić information content (AvgIpc) is 3.11. The molecule has 0 aliphatic heterocycles. The largest absolute Gasteiger partial charge is 0.453 e. The van der Waals surface area contributed by atoms with Gasteiger partial charge in [0.2, 0.25) is 0 Å². The number of thiazole rings is 1. The summed E-state index contributed by atoms with van der Waals surface area (Å²) in [5, 5.41) is 10.2. The van der Waals surface area contributed by atoms with Gasteiger partial charge in [0.1, 0.15) is 5.01 Å². The highest BCUT2D eigenvalue weighted by molar-refractivity contribution is 7.11. The number of guanidine groups is 1. The zero-order valence-corrected chi connectivity index (χ0v) is 15.4. The molecular formula is C17H23N5O2S. The molecule has 0 aliphatic rings. The Morgan fingerprint density at radius 2 is 1.96 bits per heavy atom. The highest BCUT2D eigenvalue weighted by Gasteiger charge is 2.04. The second-order valence-corrected chi connectivity index (χ2v) is 6.37. The van der Waals surface area contributed by atoms with Crippen molar-refractivity contribution < 1.29 is 9.53 Å². The molecule has 0 saturated carbocycles. The van der Waals surface area contributed by atoms with Crippen LogP contribution in [-0.4, -0.2) is 31.2 Å². The standard InChI is InChI=1S/C17H23N5O2S/c1-4-14-10-19-15(25-14)11-21-16(18-2)20-9-12-5-7-13(8-6-12)22-17(23)24-3/h5-8,10H,4,9,11H2,1-3H3,(H,22,23)(H2,18,20,21). The number of ether oxygens (including phenoxy) is 1. The third-order valence-corrected chi connectivity index (χ3v) is 4.57. The van der Waals surface area contributed by atoms with Crippen molar-refractivity contribution in [3.8, 4) is 0 Å². The smallest absolute Gasteiger partial charge is 0.411 e. The van der Waals surface area contributed by atoms with Crippen molar-refractivity contribution >= 4 is 29.1 Å². The van der Waals surface area contributed by atoms with Crippen LogP contribution in [0.1, 0.15) is 22.4 Å². The molecule has 0 saturated heterocycles. The molecule has 0 aliphatic carbocycles. The number of benzene rings is 1. The Morgan fingerprint density at radius 1 is 1.24 bits per heavy atom. The Bertz CT molecular complexity index is 712. The van der Waals surface area contributed by atoms with Crippen molar-refractivity contribution in [2.24, 2.45) is 4.99 Å². The number of methoxy groups -OCH3 is 1. The van der Waals surface area contributed by atoms with Gasteiger partial charge in [0, 0.05) is 30.4 Å². The summed E-state index contributed by atoms with van der Waals surface area (Å²) in [7, 11) is 3.07. The van der Waals surface area contributed by atoms with Gasteiger partial charge >= 0.3 is 6.09 Å². The van der Waals surface area contributed by atoms with Crippen LogP contribution >= 0.6 is 11.3 Å². The maximum Gasteiger partial charge on any atom is 0.411 e. The molecule has 0 bridgehead atoms. The van der Waals surface area contributed by atoms with Gasteiger partial charge in [-0.05, 0) is 24.1 Å². The van der Waals surface area contributed by atoms with Crippen LogP contribution in [0.2, 0.25) is 0 Å². The minimum atomic E-state index is -0.483. The lowest BCUT2D eigenvalue weighted by molar-refractivity contribution is 0.187. The van der Waals surface area contributed by atoms with Gasteiger partial charge in [-0.3, -0.25) is 10.3 Å². The summed E-state index contributed by atoms with van der Waals surface area (Å²) in [6.45, 7) is 3.39. The second-order valence-electron chi connectivity index (χ2n) is 5.17. The van der Waals surface area contributed by atoms with Crippen molar-refractivity contribution in [1.29, 1.82) is 0 Å². The van der Waals surface area contributed by atoms with E-state index in [1.807, 2.05) is 30.5 Å². The van der Waals surface area contributed by atoms with E-state index in [0.29, 0.717) is 24.7 Å². The zero-order chi connectivity index (χ0) is 18.1. The van der Waals surface area contributed by atoms with Crippen LogP contribution in [0.25, 0.3) is 0 Å². The first kappa shape index (κ1) is 18.7. The van der Waals surface area contributed by atoms with Crippen molar-refractivity contribution in [2.75, 3.05) is 19.5 Å². The van der Waals surface area contributed by atoms with Crippen LogP contribution in [0, 0.1) is 0 Å². The molecule has 2 rings (SSSR count). The first-order chi connectivity index (χ1) is 12.1. The highest BCUT2D eigenvalue weighted by Crippen LogP contribution is 2.13. The number of amides is 1. The molecule has 1 aromatic carbocycles. The molecule has 0 atom stereocenters. The Hall–Kier alpha value is -2.61. The molecule has 3 N–H and O–H groups in total. The number of aromatic nitrogens is 1. The number of aryl methyl sites for hydroxylation is 1. The number of rotatable bonds is 6. The van der Waals surface area contributed by atoms with Crippen LogP contribution in [0.5, 0.6) is 0 Å². The van der Waals surface area contributed by atoms with Crippen LogP contribution in [0.3, 0.4) is 0 Å². The molecule has 0 unspecified atom stereocenters. The molecule has 8 heteroatoms. The van der Waals surface area contributed by atoms with E-state index in [1.54, 1.807) is 18.4 Å². The SMILES string of the molecule is CCc1cnc(CNC(=NC)NCc2ccc(NC(=O)OC)cc2)s1. The predicted molar refractivity (Wildman–Crippen MR) is 101 cm³/mol. The molecule has 1 aromatic heterocycles. The molecule has 2 aromatic rings. The van der Waals surface area contributed by atoms with E-state index in [9.17, 15) is 4.79 Å². The Morgan fingerprint density at radius 3 is 2.56 bits per heavy atom. The summed E-state index contributed by atoms with van der Waals surface area (Å²) in [6, 6.07) is 7.51. The summed E-state index contributed by atoms with van der Waals surface area (Å²) in [5.74, 6) is 0.713. The topological polar surface area (TPSA) is 87.6 Å². The molecule has 25 heavy (non-hydrogen) atoms. The molecule has 7 nitrogen and oxygen atoms in total. The van der Waals surface area contributed by atoms with Crippen molar-refractivity contribution in [2.45, 2.75) is 26.4 Å². The number of carbonyl (C=O) groups is 1. The van der Waals surface area contributed by atoms with E-state index >= 15 is 0 Å². The fourth-order valence-electron chi connectivity index (χ4n) is 2.03. The van der Waals surface area contributed by atoms with E-state index in [4.69, 9.17) is 0 Å². The summed E-state index contributed by atoms with van der Waals surface area (Å²) in [6.07, 6.45) is 2.44. The maximum absolute atomic E-state index is 11.2.